The number of rotatable bonds is 7. The summed E-state index contributed by atoms with van der Waals surface area (Å²) >= 11 is 14.5. The number of nitrogens with zero attached hydrogens (tertiary/aromatic N) is 3. The van der Waals surface area contributed by atoms with Gasteiger partial charge in [0.15, 0.2) is 10.2 Å². The number of nitrogens with one attached hydrogen (secondary N) is 2. The predicted octanol–water partition coefficient (Wildman–Crippen LogP) is 4.43. The van der Waals surface area contributed by atoms with Crippen LogP contribution in [-0.4, -0.2) is 32.9 Å². The molecule has 10 heteroatoms. The summed E-state index contributed by atoms with van der Waals surface area (Å²) in [6, 6.07) is 1.53. The van der Waals surface area contributed by atoms with Crippen molar-refractivity contribution in [3.63, 3.8) is 0 Å². The number of carbonyl (C=O) groups excluding carboxylic acids is 1. The molecule has 24 heavy (non-hydrogen) atoms. The van der Waals surface area contributed by atoms with Crippen molar-refractivity contribution in [3.05, 3.63) is 22.3 Å². The Morgan fingerprint density at radius 3 is 2.75 bits per heavy atom. The summed E-state index contributed by atoms with van der Waals surface area (Å²) in [4.78, 5) is 16.3. The fourth-order valence-electron chi connectivity index (χ4n) is 1.55. The number of thioether (sulfide) groups is 1. The minimum Gasteiger partial charge on any atom is -0.360 e. The topological polar surface area (TPSA) is 79.8 Å². The maximum atomic E-state index is 12.3. The molecule has 130 valence electrons. The highest BCUT2D eigenvalue weighted by Crippen LogP contribution is 2.30. The number of hydrogen-bond donors (Lipinski definition) is 2. The van der Waals surface area contributed by atoms with Crippen LogP contribution in [0.15, 0.2) is 16.6 Å². The molecule has 1 amide bonds. The molecule has 0 saturated heterocycles. The average molecular weight is 406 g/mol. The highest BCUT2D eigenvalue weighted by atomic mass is 35.5. The fraction of sp³-hybridized carbons (Fsp3) is 0.429. The normalized spacial score (nSPS) is 12.2. The minimum absolute atomic E-state index is 0.219. The molecule has 0 bridgehead atoms. The van der Waals surface area contributed by atoms with Crippen molar-refractivity contribution in [2.45, 2.75) is 30.4 Å². The highest BCUT2D eigenvalue weighted by molar-refractivity contribution is 8.02. The molecule has 2 heterocycles. The van der Waals surface area contributed by atoms with Crippen LogP contribution in [0.4, 0.5) is 10.9 Å². The van der Waals surface area contributed by atoms with E-state index in [4.69, 9.17) is 23.2 Å². The highest BCUT2D eigenvalue weighted by Gasteiger charge is 2.19. The number of carbonyl (C=O) groups is 1. The number of anilines is 2. The summed E-state index contributed by atoms with van der Waals surface area (Å²) in [6.07, 6.45) is 1.43. The molecule has 0 aromatic carbocycles. The van der Waals surface area contributed by atoms with Gasteiger partial charge in [0.05, 0.1) is 15.3 Å². The van der Waals surface area contributed by atoms with Crippen molar-refractivity contribution >= 4 is 63.2 Å². The van der Waals surface area contributed by atoms with Gasteiger partial charge in [-0.2, -0.15) is 0 Å². The van der Waals surface area contributed by atoms with Gasteiger partial charge < -0.3 is 10.6 Å². The van der Waals surface area contributed by atoms with E-state index in [1.165, 1.54) is 35.4 Å². The number of pyridine rings is 1. The van der Waals surface area contributed by atoms with Crippen molar-refractivity contribution < 1.29 is 4.79 Å². The molecular formula is C14H17Cl2N5OS2. The van der Waals surface area contributed by atoms with Crippen molar-refractivity contribution in [2.24, 2.45) is 5.92 Å². The van der Waals surface area contributed by atoms with Gasteiger partial charge in [-0.05, 0) is 18.9 Å². The van der Waals surface area contributed by atoms with Gasteiger partial charge in [-0.1, -0.05) is 60.1 Å². The van der Waals surface area contributed by atoms with Crippen molar-refractivity contribution in [3.8, 4) is 0 Å². The van der Waals surface area contributed by atoms with Crippen LogP contribution in [0.1, 0.15) is 20.8 Å². The molecule has 0 aliphatic heterocycles. The van der Waals surface area contributed by atoms with Gasteiger partial charge in [0.25, 0.3) is 0 Å². The van der Waals surface area contributed by atoms with Crippen molar-refractivity contribution in [2.75, 3.05) is 17.2 Å². The predicted molar refractivity (Wildman–Crippen MR) is 101 cm³/mol. The largest absolute Gasteiger partial charge is 0.360 e. The molecule has 0 aliphatic carbocycles. The second-order valence-corrected chi connectivity index (χ2v) is 8.79. The van der Waals surface area contributed by atoms with Crippen LogP contribution in [0.3, 0.4) is 0 Å². The summed E-state index contributed by atoms with van der Waals surface area (Å²) in [5, 5.41) is 15.1. The number of aromatic nitrogens is 3. The third kappa shape index (κ3) is 5.77. The molecule has 2 N–H and O–H groups in total. The van der Waals surface area contributed by atoms with E-state index in [1.54, 1.807) is 6.92 Å². The van der Waals surface area contributed by atoms with E-state index in [0.29, 0.717) is 16.0 Å². The Morgan fingerprint density at radius 1 is 1.33 bits per heavy atom. The van der Waals surface area contributed by atoms with Crippen LogP contribution in [0.25, 0.3) is 0 Å². The minimum atomic E-state index is -0.371. The Hall–Kier alpha value is -1.09. The summed E-state index contributed by atoms with van der Waals surface area (Å²) in [5.74, 6) is 0.588. The lowest BCUT2D eigenvalue weighted by atomic mass is 10.2. The first-order valence-electron chi connectivity index (χ1n) is 7.21. The van der Waals surface area contributed by atoms with E-state index in [2.05, 4.69) is 39.7 Å². The standard InChI is InChI=1S/C14H17Cl2N5OS2/c1-7(2)5-18-13-20-21-14(24-13)23-8(3)12(22)19-11-10(16)4-9(15)6-17-11/h4,6-8H,5H2,1-3H3,(H,18,20)(H,17,19,22)/t8-/m1/s1. The first kappa shape index (κ1) is 19.2. The summed E-state index contributed by atoms with van der Waals surface area (Å²) in [5.41, 5.74) is 0. The first-order chi connectivity index (χ1) is 11.3. The molecule has 0 spiro atoms. The van der Waals surface area contributed by atoms with Crippen LogP contribution in [-0.2, 0) is 4.79 Å². The van der Waals surface area contributed by atoms with Crippen LogP contribution >= 0.6 is 46.3 Å². The Kier molecular flexibility index (Phi) is 7.09. The second kappa shape index (κ2) is 8.84. The van der Waals surface area contributed by atoms with Crippen LogP contribution in [0.5, 0.6) is 0 Å². The molecule has 2 aromatic rings. The van der Waals surface area contributed by atoms with Gasteiger partial charge in [0.2, 0.25) is 11.0 Å². The van der Waals surface area contributed by atoms with Gasteiger partial charge in [0.1, 0.15) is 0 Å². The Balaban J connectivity index is 1.91. The summed E-state index contributed by atoms with van der Waals surface area (Å²) in [7, 11) is 0. The number of halogens is 2. The van der Waals surface area contributed by atoms with Gasteiger partial charge in [-0.25, -0.2) is 4.98 Å². The zero-order valence-corrected chi connectivity index (χ0v) is 16.5. The molecule has 0 aliphatic rings. The monoisotopic (exact) mass is 405 g/mol. The van der Waals surface area contributed by atoms with E-state index in [-0.39, 0.29) is 17.0 Å². The van der Waals surface area contributed by atoms with Gasteiger partial charge in [-0.15, -0.1) is 10.2 Å². The molecule has 0 saturated carbocycles. The molecule has 2 rings (SSSR count). The number of hydrogen-bond acceptors (Lipinski definition) is 7. The van der Waals surface area contributed by atoms with Gasteiger partial charge >= 0.3 is 0 Å². The Bertz CT molecular complexity index is 710. The van der Waals surface area contributed by atoms with Crippen LogP contribution < -0.4 is 10.6 Å². The zero-order chi connectivity index (χ0) is 17.7. The molecular weight excluding hydrogens is 389 g/mol. The lowest BCUT2D eigenvalue weighted by Gasteiger charge is -2.10. The molecule has 6 nitrogen and oxygen atoms in total. The smallest absolute Gasteiger partial charge is 0.238 e. The van der Waals surface area contributed by atoms with E-state index in [1.807, 2.05) is 0 Å². The first-order valence-corrected chi connectivity index (χ1v) is 9.66. The summed E-state index contributed by atoms with van der Waals surface area (Å²) in [6.45, 7) is 6.85. The quantitative estimate of drug-likeness (QED) is 0.663. The Labute approximate surface area is 158 Å². The van der Waals surface area contributed by atoms with Crippen LogP contribution in [0.2, 0.25) is 10.0 Å². The van der Waals surface area contributed by atoms with Gasteiger partial charge in [0, 0.05) is 12.7 Å². The molecule has 0 unspecified atom stereocenters. The van der Waals surface area contributed by atoms with E-state index < -0.39 is 0 Å². The lowest BCUT2D eigenvalue weighted by Crippen LogP contribution is -2.23. The number of amides is 1. The van der Waals surface area contributed by atoms with Gasteiger partial charge in [-0.3, -0.25) is 4.79 Å². The fourth-order valence-corrected chi connectivity index (χ4v) is 3.88. The maximum absolute atomic E-state index is 12.3. The third-order valence-electron chi connectivity index (χ3n) is 2.76. The maximum Gasteiger partial charge on any atom is 0.238 e. The third-order valence-corrected chi connectivity index (χ3v) is 5.32. The van der Waals surface area contributed by atoms with Crippen molar-refractivity contribution in [1.82, 2.24) is 15.2 Å². The Morgan fingerprint density at radius 2 is 2.08 bits per heavy atom. The SMILES string of the molecule is CC(C)CNc1nnc(S[C@H](C)C(=O)Nc2ncc(Cl)cc2Cl)s1. The van der Waals surface area contributed by atoms with E-state index in [0.717, 1.165) is 16.0 Å². The average Bonchev–Trinajstić information content (AvgIpc) is 2.95. The molecule has 0 radical (unpaired) electrons. The van der Waals surface area contributed by atoms with E-state index in [9.17, 15) is 4.79 Å². The second-order valence-electron chi connectivity index (χ2n) is 5.38. The molecule has 0 fully saturated rings. The lowest BCUT2D eigenvalue weighted by molar-refractivity contribution is -0.115. The molecule has 2 aromatic heterocycles. The molecule has 1 atom stereocenters. The van der Waals surface area contributed by atoms with E-state index >= 15 is 0 Å². The summed E-state index contributed by atoms with van der Waals surface area (Å²) < 4.78 is 0.721. The van der Waals surface area contributed by atoms with Crippen LogP contribution in [0, 0.1) is 5.92 Å². The zero-order valence-electron chi connectivity index (χ0n) is 13.3. The van der Waals surface area contributed by atoms with Crippen molar-refractivity contribution in [1.29, 1.82) is 0 Å².